The molecule has 1 aromatic heterocycles. The van der Waals surface area contributed by atoms with E-state index in [-0.39, 0.29) is 0 Å². The van der Waals surface area contributed by atoms with Gasteiger partial charge in [-0.2, -0.15) is 4.98 Å². The van der Waals surface area contributed by atoms with Gasteiger partial charge >= 0.3 is 0 Å². The van der Waals surface area contributed by atoms with E-state index in [1.165, 1.54) is 0 Å². The summed E-state index contributed by atoms with van der Waals surface area (Å²) in [5.74, 6) is 0.990. The van der Waals surface area contributed by atoms with Crippen LogP contribution >= 0.6 is 0 Å². The third-order valence-electron chi connectivity index (χ3n) is 1.87. The summed E-state index contributed by atoms with van der Waals surface area (Å²) in [6, 6.07) is 4.64. The average Bonchev–Trinajstić information content (AvgIpc) is 2.04. The first-order valence-electron chi connectivity index (χ1n) is 3.79. The lowest BCUT2D eigenvalue weighted by Crippen LogP contribution is -2.29. The van der Waals surface area contributed by atoms with Gasteiger partial charge in [0.15, 0.2) is 0 Å². The van der Waals surface area contributed by atoms with E-state index in [2.05, 4.69) is 16.0 Å². The molecule has 4 nitrogen and oxygen atoms in total. The van der Waals surface area contributed by atoms with Crippen LogP contribution in [0.4, 0.5) is 11.5 Å². The Morgan fingerprint density at radius 2 is 2.58 bits per heavy atom. The Hall–Kier alpha value is -1.45. The van der Waals surface area contributed by atoms with E-state index in [9.17, 15) is 0 Å². The number of likely N-dealkylation sites (N-methyl/N-ethyl adjacent to an activating group) is 1. The number of nitrogens with two attached hydrogens (primary N) is 1. The number of hydrogen-bond donors (Lipinski definition) is 1. The van der Waals surface area contributed by atoms with Crippen molar-refractivity contribution in [3.63, 3.8) is 0 Å². The third kappa shape index (κ3) is 1.05. The highest BCUT2D eigenvalue weighted by Crippen LogP contribution is 2.28. The van der Waals surface area contributed by atoms with Crippen LogP contribution in [0.1, 0.15) is 0 Å². The number of aromatic nitrogens is 1. The third-order valence-corrected chi connectivity index (χ3v) is 1.87. The van der Waals surface area contributed by atoms with Gasteiger partial charge < -0.3 is 15.4 Å². The molecule has 0 amide bonds. The molecule has 0 bridgehead atoms. The maximum Gasteiger partial charge on any atom is 0.239 e. The summed E-state index contributed by atoms with van der Waals surface area (Å²) in [6.07, 6.45) is 0. The molecule has 4 heteroatoms. The monoisotopic (exact) mass is 164 g/mol. The van der Waals surface area contributed by atoms with Crippen molar-refractivity contribution in [1.29, 1.82) is 0 Å². The minimum absolute atomic E-state index is 0.379. The minimum atomic E-state index is 0.379. The van der Waals surface area contributed by atoms with Crippen LogP contribution in [0, 0.1) is 6.07 Å². The van der Waals surface area contributed by atoms with E-state index < -0.39 is 0 Å². The predicted molar refractivity (Wildman–Crippen MR) is 46.3 cm³/mol. The molecule has 0 saturated carbocycles. The molecule has 63 valence electrons. The number of fused-ring (bicyclic) bond motifs is 1. The van der Waals surface area contributed by atoms with E-state index in [0.717, 1.165) is 12.2 Å². The van der Waals surface area contributed by atoms with Crippen molar-refractivity contribution in [2.24, 2.45) is 0 Å². The zero-order chi connectivity index (χ0) is 8.55. The topological polar surface area (TPSA) is 51.4 Å². The first-order chi connectivity index (χ1) is 5.77. The normalized spacial score (nSPS) is 15.2. The van der Waals surface area contributed by atoms with Crippen LogP contribution in [0.15, 0.2) is 6.07 Å². The molecule has 2 N–H and O–H groups in total. The summed E-state index contributed by atoms with van der Waals surface area (Å²) in [7, 11) is 1.99. The molecular formula is C8H10N3O. The molecule has 0 fully saturated rings. The molecule has 12 heavy (non-hydrogen) atoms. The lowest BCUT2D eigenvalue weighted by atomic mass is 10.3. The first-order valence-corrected chi connectivity index (χ1v) is 3.79. The highest BCUT2D eigenvalue weighted by atomic mass is 16.5. The summed E-state index contributed by atoms with van der Waals surface area (Å²) in [6.45, 7) is 1.55. The van der Waals surface area contributed by atoms with E-state index in [4.69, 9.17) is 10.5 Å². The number of pyridine rings is 1. The minimum Gasteiger partial charge on any atom is -0.474 e. The van der Waals surface area contributed by atoms with E-state index in [0.29, 0.717) is 18.3 Å². The standard InChI is InChI=1S/C8H10N3O/c1-11-4-5-12-8-6(11)2-3-7(9)10-8/h2H,4-5H2,1H3,(H2,9,10). The largest absolute Gasteiger partial charge is 0.474 e. The number of ether oxygens (including phenoxy) is 1. The summed E-state index contributed by atoms with van der Waals surface area (Å²) in [4.78, 5) is 6.09. The van der Waals surface area contributed by atoms with Crippen LogP contribution in [-0.2, 0) is 0 Å². The molecule has 1 aromatic rings. The maximum absolute atomic E-state index is 5.46. The van der Waals surface area contributed by atoms with Crippen LogP contribution in [-0.4, -0.2) is 25.2 Å². The zero-order valence-corrected chi connectivity index (χ0v) is 6.87. The molecular weight excluding hydrogens is 154 g/mol. The fraction of sp³-hybridized carbons (Fsp3) is 0.375. The van der Waals surface area contributed by atoms with E-state index >= 15 is 0 Å². The number of anilines is 2. The molecule has 0 aliphatic carbocycles. The summed E-state index contributed by atoms with van der Waals surface area (Å²) < 4.78 is 5.32. The van der Waals surface area contributed by atoms with Gasteiger partial charge in [0, 0.05) is 13.1 Å². The van der Waals surface area contributed by atoms with Crippen molar-refractivity contribution in [2.45, 2.75) is 0 Å². The van der Waals surface area contributed by atoms with Gasteiger partial charge in [0.2, 0.25) is 5.88 Å². The number of nitrogen functional groups attached to an aromatic ring is 1. The van der Waals surface area contributed by atoms with Gasteiger partial charge in [0.05, 0.1) is 6.54 Å². The van der Waals surface area contributed by atoms with Crippen molar-refractivity contribution in [3.8, 4) is 5.88 Å². The summed E-state index contributed by atoms with van der Waals surface area (Å²) in [5.41, 5.74) is 6.42. The molecule has 1 aliphatic rings. The number of hydrogen-bond acceptors (Lipinski definition) is 4. The van der Waals surface area contributed by atoms with E-state index in [1.54, 1.807) is 6.07 Å². The second-order valence-corrected chi connectivity index (χ2v) is 2.75. The fourth-order valence-corrected chi connectivity index (χ4v) is 1.18. The van der Waals surface area contributed by atoms with Crippen LogP contribution in [0.25, 0.3) is 0 Å². The fourth-order valence-electron chi connectivity index (χ4n) is 1.18. The molecule has 1 radical (unpaired) electrons. The number of rotatable bonds is 0. The first kappa shape index (κ1) is 7.21. The Morgan fingerprint density at radius 1 is 1.75 bits per heavy atom. The summed E-state index contributed by atoms with van der Waals surface area (Å²) in [5, 5.41) is 0. The van der Waals surface area contributed by atoms with Crippen molar-refractivity contribution >= 4 is 11.5 Å². The maximum atomic E-state index is 5.46. The molecule has 2 heterocycles. The Kier molecular flexibility index (Phi) is 1.53. The Labute approximate surface area is 71.0 Å². The molecule has 0 spiro atoms. The second kappa shape index (κ2) is 2.55. The van der Waals surface area contributed by atoms with Crippen LogP contribution in [0.5, 0.6) is 5.88 Å². The summed E-state index contributed by atoms with van der Waals surface area (Å²) >= 11 is 0. The molecule has 0 aromatic carbocycles. The second-order valence-electron chi connectivity index (χ2n) is 2.75. The molecule has 0 unspecified atom stereocenters. The van der Waals surface area contributed by atoms with Crippen molar-refractivity contribution in [2.75, 3.05) is 30.8 Å². The highest BCUT2D eigenvalue weighted by Gasteiger charge is 2.15. The van der Waals surface area contributed by atoms with Crippen LogP contribution in [0.3, 0.4) is 0 Å². The average molecular weight is 164 g/mol. The van der Waals surface area contributed by atoms with Crippen molar-refractivity contribution in [1.82, 2.24) is 4.98 Å². The Morgan fingerprint density at radius 3 is 3.42 bits per heavy atom. The molecule has 0 saturated heterocycles. The lowest BCUT2D eigenvalue weighted by Gasteiger charge is -2.26. The SMILES string of the molecule is CN1CCOc2nc(N)[c]cc21. The predicted octanol–water partition coefficient (Wildman–Crippen LogP) is 0.293. The van der Waals surface area contributed by atoms with Gasteiger partial charge in [-0.05, 0) is 6.07 Å². The van der Waals surface area contributed by atoms with Gasteiger partial charge in [-0.15, -0.1) is 0 Å². The van der Waals surface area contributed by atoms with Crippen molar-refractivity contribution in [3.05, 3.63) is 12.1 Å². The number of nitrogens with zero attached hydrogens (tertiary/aromatic N) is 2. The van der Waals surface area contributed by atoms with Crippen molar-refractivity contribution < 1.29 is 4.74 Å². The highest BCUT2D eigenvalue weighted by molar-refractivity contribution is 5.58. The molecule has 1 aliphatic heterocycles. The smallest absolute Gasteiger partial charge is 0.239 e. The quantitative estimate of drug-likeness (QED) is 0.599. The van der Waals surface area contributed by atoms with Gasteiger partial charge in [-0.1, -0.05) is 0 Å². The van der Waals surface area contributed by atoms with Gasteiger partial charge in [-0.25, -0.2) is 0 Å². The Bertz CT molecular complexity index is 300. The molecule has 2 rings (SSSR count). The lowest BCUT2D eigenvalue weighted by molar-refractivity contribution is 0.299. The Balaban J connectivity index is 2.46. The van der Waals surface area contributed by atoms with Gasteiger partial charge in [0.1, 0.15) is 18.1 Å². The zero-order valence-electron chi connectivity index (χ0n) is 6.87. The van der Waals surface area contributed by atoms with Crippen LogP contribution in [0.2, 0.25) is 0 Å². The van der Waals surface area contributed by atoms with Gasteiger partial charge in [0.25, 0.3) is 0 Å². The van der Waals surface area contributed by atoms with Gasteiger partial charge in [-0.3, -0.25) is 0 Å². The van der Waals surface area contributed by atoms with E-state index in [1.807, 2.05) is 7.05 Å². The van der Waals surface area contributed by atoms with Crippen LogP contribution < -0.4 is 15.4 Å². The molecule has 0 atom stereocenters.